The zero-order chi connectivity index (χ0) is 18.3. The molecule has 0 N–H and O–H groups in total. The SMILES string of the molecule is Cc1cc(N2CCC(c3nnc(C)s3)CC2)nc(-n2nc(C)cc2C)n1. The van der Waals surface area contributed by atoms with Crippen LogP contribution in [0.1, 0.15) is 45.9 Å². The number of hydrogen-bond acceptors (Lipinski definition) is 7. The van der Waals surface area contributed by atoms with Crippen LogP contribution in [-0.2, 0) is 0 Å². The summed E-state index contributed by atoms with van der Waals surface area (Å²) in [6.07, 6.45) is 2.15. The molecule has 0 atom stereocenters. The van der Waals surface area contributed by atoms with Crippen molar-refractivity contribution >= 4 is 17.2 Å². The van der Waals surface area contributed by atoms with Crippen molar-refractivity contribution in [1.82, 2.24) is 29.9 Å². The smallest absolute Gasteiger partial charge is 0.252 e. The fourth-order valence-electron chi connectivity index (χ4n) is 3.46. The largest absolute Gasteiger partial charge is 0.356 e. The summed E-state index contributed by atoms with van der Waals surface area (Å²) in [5.74, 6) is 2.13. The molecule has 0 aromatic carbocycles. The molecule has 7 nitrogen and oxygen atoms in total. The van der Waals surface area contributed by atoms with Crippen LogP contribution >= 0.6 is 11.3 Å². The Bertz CT molecular complexity index is 922. The van der Waals surface area contributed by atoms with E-state index in [9.17, 15) is 0 Å². The van der Waals surface area contributed by atoms with E-state index in [1.165, 1.54) is 5.01 Å². The van der Waals surface area contributed by atoms with Crippen LogP contribution in [-0.4, -0.2) is 43.0 Å². The van der Waals surface area contributed by atoms with Crippen molar-refractivity contribution in [3.63, 3.8) is 0 Å². The van der Waals surface area contributed by atoms with Crippen LogP contribution in [0.3, 0.4) is 0 Å². The quantitative estimate of drug-likeness (QED) is 0.706. The zero-order valence-electron chi connectivity index (χ0n) is 15.6. The molecule has 136 valence electrons. The molecule has 0 radical (unpaired) electrons. The fraction of sp³-hybridized carbons (Fsp3) is 0.500. The Morgan fingerprint density at radius 3 is 2.35 bits per heavy atom. The molecule has 3 aromatic heterocycles. The van der Waals surface area contributed by atoms with E-state index >= 15 is 0 Å². The Labute approximate surface area is 157 Å². The maximum atomic E-state index is 4.79. The predicted molar refractivity (Wildman–Crippen MR) is 102 cm³/mol. The first-order valence-corrected chi connectivity index (χ1v) is 9.75. The van der Waals surface area contributed by atoms with Gasteiger partial charge in [-0.1, -0.05) is 0 Å². The van der Waals surface area contributed by atoms with Crippen LogP contribution in [0.4, 0.5) is 5.82 Å². The predicted octanol–water partition coefficient (Wildman–Crippen LogP) is 3.13. The normalized spacial score (nSPS) is 15.6. The standard InChI is InChI=1S/C18H23N7S/c1-11-10-16(20-18(19-11)25-13(3)9-12(2)23-25)24-7-5-15(6-8-24)17-22-21-14(4)26-17/h9-10,15H,5-8H2,1-4H3. The fourth-order valence-corrected chi connectivity index (χ4v) is 4.33. The summed E-state index contributed by atoms with van der Waals surface area (Å²) in [6.45, 7) is 9.98. The molecule has 1 aliphatic rings. The molecule has 1 aliphatic heterocycles. The Morgan fingerprint density at radius 1 is 0.962 bits per heavy atom. The second-order valence-electron chi connectivity index (χ2n) is 6.93. The van der Waals surface area contributed by atoms with Crippen molar-refractivity contribution in [3.05, 3.63) is 39.2 Å². The molecule has 3 aromatic rings. The van der Waals surface area contributed by atoms with Gasteiger partial charge in [0.1, 0.15) is 15.8 Å². The molecule has 8 heteroatoms. The molecule has 0 bridgehead atoms. The van der Waals surface area contributed by atoms with E-state index in [2.05, 4.69) is 31.2 Å². The van der Waals surface area contributed by atoms with Crippen molar-refractivity contribution in [1.29, 1.82) is 0 Å². The van der Waals surface area contributed by atoms with Gasteiger partial charge in [0.2, 0.25) is 0 Å². The number of hydrogen-bond donors (Lipinski definition) is 0. The second kappa shape index (κ2) is 6.75. The summed E-state index contributed by atoms with van der Waals surface area (Å²) in [5.41, 5.74) is 2.98. The monoisotopic (exact) mass is 369 g/mol. The molecule has 4 heterocycles. The van der Waals surface area contributed by atoms with Crippen LogP contribution in [0.2, 0.25) is 0 Å². The minimum Gasteiger partial charge on any atom is -0.356 e. The third-order valence-electron chi connectivity index (χ3n) is 4.74. The average molecular weight is 369 g/mol. The Kier molecular flexibility index (Phi) is 4.44. The van der Waals surface area contributed by atoms with Crippen LogP contribution in [0.5, 0.6) is 0 Å². The highest BCUT2D eigenvalue weighted by Crippen LogP contribution is 2.31. The topological polar surface area (TPSA) is 72.6 Å². The van der Waals surface area contributed by atoms with Gasteiger partial charge >= 0.3 is 0 Å². The average Bonchev–Trinajstić information content (AvgIpc) is 3.19. The van der Waals surface area contributed by atoms with Gasteiger partial charge in [-0.3, -0.25) is 0 Å². The third kappa shape index (κ3) is 3.33. The van der Waals surface area contributed by atoms with Gasteiger partial charge < -0.3 is 4.90 Å². The zero-order valence-corrected chi connectivity index (χ0v) is 16.4. The van der Waals surface area contributed by atoms with Gasteiger partial charge in [-0.25, -0.2) is 9.67 Å². The maximum Gasteiger partial charge on any atom is 0.252 e. The van der Waals surface area contributed by atoms with E-state index < -0.39 is 0 Å². The lowest BCUT2D eigenvalue weighted by Gasteiger charge is -2.32. The molecule has 1 saturated heterocycles. The minimum absolute atomic E-state index is 0.510. The van der Waals surface area contributed by atoms with Crippen LogP contribution in [0.25, 0.3) is 5.95 Å². The van der Waals surface area contributed by atoms with Gasteiger partial charge in [0.25, 0.3) is 5.95 Å². The molecule has 0 saturated carbocycles. The molecular weight excluding hydrogens is 346 g/mol. The highest BCUT2D eigenvalue weighted by Gasteiger charge is 2.24. The van der Waals surface area contributed by atoms with Crippen molar-refractivity contribution < 1.29 is 0 Å². The lowest BCUT2D eigenvalue weighted by atomic mass is 9.97. The van der Waals surface area contributed by atoms with Crippen molar-refractivity contribution in [3.8, 4) is 5.95 Å². The van der Waals surface area contributed by atoms with E-state index in [0.717, 1.165) is 53.8 Å². The Morgan fingerprint density at radius 2 is 1.73 bits per heavy atom. The van der Waals surface area contributed by atoms with E-state index in [4.69, 9.17) is 4.98 Å². The molecule has 0 unspecified atom stereocenters. The first-order chi connectivity index (χ1) is 12.5. The van der Waals surface area contributed by atoms with Gasteiger partial charge in [0.15, 0.2) is 0 Å². The first-order valence-electron chi connectivity index (χ1n) is 8.94. The Hall–Kier alpha value is -2.35. The molecule has 26 heavy (non-hydrogen) atoms. The Balaban J connectivity index is 1.54. The number of anilines is 1. The lowest BCUT2D eigenvalue weighted by Crippen LogP contribution is -2.33. The first kappa shape index (κ1) is 17.1. The summed E-state index contributed by atoms with van der Waals surface area (Å²) in [5, 5.41) is 15.2. The van der Waals surface area contributed by atoms with Gasteiger partial charge in [0, 0.05) is 36.5 Å². The summed E-state index contributed by atoms with van der Waals surface area (Å²) in [7, 11) is 0. The van der Waals surface area contributed by atoms with Crippen LogP contribution < -0.4 is 4.90 Å². The summed E-state index contributed by atoms with van der Waals surface area (Å²) in [4.78, 5) is 11.7. The molecule has 0 spiro atoms. The molecule has 1 fully saturated rings. The number of piperidine rings is 1. The maximum absolute atomic E-state index is 4.79. The minimum atomic E-state index is 0.510. The number of aryl methyl sites for hydroxylation is 4. The van der Waals surface area contributed by atoms with Gasteiger partial charge in [-0.15, -0.1) is 21.5 Å². The van der Waals surface area contributed by atoms with E-state index in [0.29, 0.717) is 11.9 Å². The van der Waals surface area contributed by atoms with Gasteiger partial charge in [-0.2, -0.15) is 10.1 Å². The van der Waals surface area contributed by atoms with Gasteiger partial charge in [0.05, 0.1) is 5.69 Å². The second-order valence-corrected chi connectivity index (χ2v) is 8.14. The number of aromatic nitrogens is 6. The van der Waals surface area contributed by atoms with E-state index in [-0.39, 0.29) is 0 Å². The van der Waals surface area contributed by atoms with Crippen molar-refractivity contribution in [2.45, 2.75) is 46.5 Å². The number of rotatable bonds is 3. The highest BCUT2D eigenvalue weighted by molar-refractivity contribution is 7.11. The molecule has 0 amide bonds. The number of nitrogens with zero attached hydrogens (tertiary/aromatic N) is 7. The third-order valence-corrected chi connectivity index (χ3v) is 5.74. The van der Waals surface area contributed by atoms with Crippen LogP contribution in [0.15, 0.2) is 12.1 Å². The highest BCUT2D eigenvalue weighted by atomic mass is 32.1. The molecule has 4 rings (SSSR count). The summed E-state index contributed by atoms with van der Waals surface area (Å²) in [6, 6.07) is 4.10. The van der Waals surface area contributed by atoms with Crippen LogP contribution in [0, 0.1) is 27.7 Å². The lowest BCUT2D eigenvalue weighted by molar-refractivity contribution is 0.497. The van der Waals surface area contributed by atoms with Crippen molar-refractivity contribution in [2.75, 3.05) is 18.0 Å². The van der Waals surface area contributed by atoms with E-state index in [1.54, 1.807) is 11.3 Å². The summed E-state index contributed by atoms with van der Waals surface area (Å²) >= 11 is 1.72. The molecule has 0 aliphatic carbocycles. The van der Waals surface area contributed by atoms with E-state index in [1.807, 2.05) is 38.4 Å². The van der Waals surface area contributed by atoms with Gasteiger partial charge in [-0.05, 0) is 46.6 Å². The summed E-state index contributed by atoms with van der Waals surface area (Å²) < 4.78 is 1.82. The van der Waals surface area contributed by atoms with Crippen molar-refractivity contribution in [2.24, 2.45) is 0 Å². The molecular formula is C18H23N7S.